The lowest BCUT2D eigenvalue weighted by Crippen LogP contribution is -2.25. The van der Waals surface area contributed by atoms with Gasteiger partial charge in [0.15, 0.2) is 0 Å². The van der Waals surface area contributed by atoms with E-state index in [1.807, 2.05) is 26.0 Å². The molecule has 6 nitrogen and oxygen atoms in total. The highest BCUT2D eigenvalue weighted by atomic mass is 32.2. The number of benzene rings is 1. The molecular weight excluding hydrogens is 264 g/mol. The molecule has 0 spiro atoms. The van der Waals surface area contributed by atoms with Crippen LogP contribution in [0.5, 0.6) is 0 Å². The molecule has 0 atom stereocenters. The van der Waals surface area contributed by atoms with Gasteiger partial charge in [0.1, 0.15) is 4.90 Å². The maximum absolute atomic E-state index is 11.4. The van der Waals surface area contributed by atoms with Crippen LogP contribution in [0.25, 0.3) is 0 Å². The molecule has 0 radical (unpaired) electrons. The molecule has 7 heteroatoms. The standard InChI is InChI=1S/C12H22N4O2S/c1-15(2)8-5-9-16(3)10-6-4-7-11(12(10)13)19(14,17)18/h4,6-7H,5,8-9,13H2,1-3H3,(H2,14,17,18). The molecule has 108 valence electrons. The number of para-hydroxylation sites is 1. The zero-order chi connectivity index (χ0) is 14.6. The summed E-state index contributed by atoms with van der Waals surface area (Å²) in [6.07, 6.45) is 0.961. The molecule has 0 aliphatic rings. The summed E-state index contributed by atoms with van der Waals surface area (Å²) in [5.41, 5.74) is 6.78. The van der Waals surface area contributed by atoms with Gasteiger partial charge < -0.3 is 15.5 Å². The number of nitrogen functional groups attached to an aromatic ring is 1. The molecule has 0 saturated carbocycles. The van der Waals surface area contributed by atoms with E-state index in [1.165, 1.54) is 6.07 Å². The quantitative estimate of drug-likeness (QED) is 0.734. The summed E-state index contributed by atoms with van der Waals surface area (Å²) >= 11 is 0. The first-order chi connectivity index (χ1) is 8.73. The average Bonchev–Trinajstić information content (AvgIpc) is 2.26. The van der Waals surface area contributed by atoms with Crippen LogP contribution in [0.2, 0.25) is 0 Å². The van der Waals surface area contributed by atoms with Crippen molar-refractivity contribution in [2.45, 2.75) is 11.3 Å². The van der Waals surface area contributed by atoms with E-state index in [9.17, 15) is 8.42 Å². The van der Waals surface area contributed by atoms with E-state index in [2.05, 4.69) is 4.90 Å². The van der Waals surface area contributed by atoms with Crippen molar-refractivity contribution in [1.82, 2.24) is 4.90 Å². The summed E-state index contributed by atoms with van der Waals surface area (Å²) in [6.45, 7) is 1.75. The molecule has 0 unspecified atom stereocenters. The lowest BCUT2D eigenvalue weighted by Gasteiger charge is -2.22. The Morgan fingerprint density at radius 1 is 1.16 bits per heavy atom. The molecule has 0 aliphatic carbocycles. The first-order valence-corrected chi connectivity index (χ1v) is 7.55. The fourth-order valence-corrected chi connectivity index (χ4v) is 2.54. The van der Waals surface area contributed by atoms with Crippen LogP contribution >= 0.6 is 0 Å². The largest absolute Gasteiger partial charge is 0.396 e. The van der Waals surface area contributed by atoms with Gasteiger partial charge in [-0.2, -0.15) is 0 Å². The fraction of sp³-hybridized carbons (Fsp3) is 0.500. The van der Waals surface area contributed by atoms with E-state index >= 15 is 0 Å². The normalized spacial score (nSPS) is 11.8. The van der Waals surface area contributed by atoms with Gasteiger partial charge in [-0.25, -0.2) is 13.6 Å². The van der Waals surface area contributed by atoms with Crippen molar-refractivity contribution in [3.63, 3.8) is 0 Å². The van der Waals surface area contributed by atoms with Crippen molar-refractivity contribution in [1.29, 1.82) is 0 Å². The molecule has 0 fully saturated rings. The van der Waals surface area contributed by atoms with Crippen LogP contribution in [-0.4, -0.2) is 47.6 Å². The van der Waals surface area contributed by atoms with E-state index in [0.29, 0.717) is 5.69 Å². The van der Waals surface area contributed by atoms with Gasteiger partial charge in [0.2, 0.25) is 10.0 Å². The van der Waals surface area contributed by atoms with Crippen LogP contribution in [0.3, 0.4) is 0 Å². The maximum atomic E-state index is 11.4. The second-order valence-corrected chi connectivity index (χ2v) is 6.34. The number of rotatable bonds is 6. The van der Waals surface area contributed by atoms with Crippen molar-refractivity contribution in [3.8, 4) is 0 Å². The molecule has 4 N–H and O–H groups in total. The van der Waals surface area contributed by atoms with Gasteiger partial charge in [0.05, 0.1) is 11.4 Å². The Labute approximate surface area is 115 Å². The second kappa shape index (κ2) is 6.23. The van der Waals surface area contributed by atoms with Crippen molar-refractivity contribution in [3.05, 3.63) is 18.2 Å². The summed E-state index contributed by atoms with van der Waals surface area (Å²) in [5.74, 6) is 0. The summed E-state index contributed by atoms with van der Waals surface area (Å²) in [5, 5.41) is 5.13. The smallest absolute Gasteiger partial charge is 0.240 e. The predicted octanol–water partition coefficient (Wildman–Crippen LogP) is 0.304. The van der Waals surface area contributed by atoms with Crippen LogP contribution < -0.4 is 15.8 Å². The minimum atomic E-state index is -3.78. The first kappa shape index (κ1) is 15.7. The number of sulfonamides is 1. The Hall–Kier alpha value is -1.31. The Morgan fingerprint density at radius 3 is 2.32 bits per heavy atom. The summed E-state index contributed by atoms with van der Waals surface area (Å²) < 4.78 is 22.8. The summed E-state index contributed by atoms with van der Waals surface area (Å²) in [6, 6.07) is 4.86. The lowest BCUT2D eigenvalue weighted by atomic mass is 10.2. The van der Waals surface area contributed by atoms with E-state index in [1.54, 1.807) is 12.1 Å². The summed E-state index contributed by atoms with van der Waals surface area (Å²) in [7, 11) is 2.12. The molecule has 0 amide bonds. The van der Waals surface area contributed by atoms with Gasteiger partial charge in [0.25, 0.3) is 0 Å². The highest BCUT2D eigenvalue weighted by Gasteiger charge is 2.16. The zero-order valence-electron chi connectivity index (χ0n) is 11.6. The van der Waals surface area contributed by atoms with Gasteiger partial charge in [-0.05, 0) is 39.2 Å². The molecule has 0 bridgehead atoms. The van der Waals surface area contributed by atoms with Crippen molar-refractivity contribution in [2.75, 3.05) is 44.9 Å². The monoisotopic (exact) mass is 286 g/mol. The van der Waals surface area contributed by atoms with Crippen LogP contribution in [0.4, 0.5) is 11.4 Å². The maximum Gasteiger partial charge on any atom is 0.240 e. The third-order valence-corrected chi connectivity index (χ3v) is 3.83. The third-order valence-electron chi connectivity index (χ3n) is 2.86. The molecule has 0 saturated heterocycles. The third kappa shape index (κ3) is 4.38. The number of hydrogen-bond donors (Lipinski definition) is 2. The van der Waals surface area contributed by atoms with E-state index < -0.39 is 10.0 Å². The lowest BCUT2D eigenvalue weighted by molar-refractivity contribution is 0.402. The average molecular weight is 286 g/mol. The molecule has 0 aliphatic heterocycles. The zero-order valence-corrected chi connectivity index (χ0v) is 12.4. The minimum Gasteiger partial charge on any atom is -0.396 e. The number of hydrogen-bond acceptors (Lipinski definition) is 5. The van der Waals surface area contributed by atoms with Crippen molar-refractivity contribution in [2.24, 2.45) is 5.14 Å². The second-order valence-electron chi connectivity index (χ2n) is 4.81. The van der Waals surface area contributed by atoms with Crippen LogP contribution in [0.1, 0.15) is 6.42 Å². The Morgan fingerprint density at radius 2 is 1.79 bits per heavy atom. The fourth-order valence-electron chi connectivity index (χ4n) is 1.86. The number of anilines is 2. The van der Waals surface area contributed by atoms with Crippen LogP contribution in [0.15, 0.2) is 23.1 Å². The van der Waals surface area contributed by atoms with Crippen molar-refractivity contribution < 1.29 is 8.42 Å². The van der Waals surface area contributed by atoms with E-state index in [0.717, 1.165) is 19.5 Å². The molecule has 0 aromatic heterocycles. The Kier molecular flexibility index (Phi) is 5.16. The van der Waals surface area contributed by atoms with Crippen molar-refractivity contribution >= 4 is 21.4 Å². The van der Waals surface area contributed by atoms with E-state index in [4.69, 9.17) is 10.9 Å². The number of nitrogens with zero attached hydrogens (tertiary/aromatic N) is 2. The SMILES string of the molecule is CN(C)CCCN(C)c1cccc(S(N)(=O)=O)c1N. The minimum absolute atomic E-state index is 0.0236. The Bertz CT molecular complexity index is 529. The molecule has 19 heavy (non-hydrogen) atoms. The first-order valence-electron chi connectivity index (χ1n) is 6.00. The molecule has 1 rings (SSSR count). The number of primary sulfonamides is 1. The van der Waals surface area contributed by atoms with Gasteiger partial charge in [-0.3, -0.25) is 0 Å². The van der Waals surface area contributed by atoms with Gasteiger partial charge >= 0.3 is 0 Å². The molecule has 0 heterocycles. The molecule has 1 aromatic rings. The number of nitrogens with two attached hydrogens (primary N) is 2. The molecular formula is C12H22N4O2S. The van der Waals surface area contributed by atoms with E-state index in [-0.39, 0.29) is 10.6 Å². The highest BCUT2D eigenvalue weighted by Crippen LogP contribution is 2.28. The van der Waals surface area contributed by atoms with Gasteiger partial charge in [-0.15, -0.1) is 0 Å². The van der Waals surface area contributed by atoms with Gasteiger partial charge in [0, 0.05) is 13.6 Å². The predicted molar refractivity (Wildman–Crippen MR) is 78.7 cm³/mol. The summed E-state index contributed by atoms with van der Waals surface area (Å²) in [4.78, 5) is 4.01. The molecule has 1 aromatic carbocycles. The topological polar surface area (TPSA) is 92.7 Å². The van der Waals surface area contributed by atoms with Crippen LogP contribution in [0, 0.1) is 0 Å². The highest BCUT2D eigenvalue weighted by molar-refractivity contribution is 7.89. The van der Waals surface area contributed by atoms with Crippen LogP contribution in [-0.2, 0) is 10.0 Å². The van der Waals surface area contributed by atoms with Gasteiger partial charge in [-0.1, -0.05) is 6.07 Å². The Balaban J connectivity index is 2.90.